The van der Waals surface area contributed by atoms with Gasteiger partial charge in [0, 0.05) is 17.0 Å². The van der Waals surface area contributed by atoms with Crippen LogP contribution in [0.2, 0.25) is 0 Å². The lowest BCUT2D eigenvalue weighted by atomic mass is 9.83. The molecule has 3 heteroatoms. The van der Waals surface area contributed by atoms with E-state index in [-0.39, 0.29) is 11.5 Å². The number of halogens is 2. The number of hydrogen-bond acceptors (Lipinski definition) is 1. The van der Waals surface area contributed by atoms with Crippen LogP contribution in [-0.2, 0) is 5.41 Å². The lowest BCUT2D eigenvalue weighted by molar-refractivity contribution is 0.407. The van der Waals surface area contributed by atoms with Crippen molar-refractivity contribution in [3.63, 3.8) is 0 Å². The summed E-state index contributed by atoms with van der Waals surface area (Å²) >= 11 is 0. The fourth-order valence-corrected chi connectivity index (χ4v) is 3.20. The molecule has 1 N–H and O–H groups in total. The van der Waals surface area contributed by atoms with Crippen LogP contribution >= 0.6 is 0 Å². The fourth-order valence-electron chi connectivity index (χ4n) is 3.20. The maximum atomic E-state index is 14.2. The predicted octanol–water partition coefficient (Wildman–Crippen LogP) is 4.35. The minimum Gasteiger partial charge on any atom is -0.309 e. The van der Waals surface area contributed by atoms with E-state index in [1.807, 2.05) is 25.1 Å². The first-order valence-corrected chi connectivity index (χ1v) is 7.42. The van der Waals surface area contributed by atoms with Crippen molar-refractivity contribution in [1.29, 1.82) is 0 Å². The quantitative estimate of drug-likeness (QED) is 0.862. The van der Waals surface area contributed by atoms with Gasteiger partial charge in [-0.3, -0.25) is 0 Å². The van der Waals surface area contributed by atoms with Crippen LogP contribution in [0, 0.1) is 11.6 Å². The van der Waals surface area contributed by atoms with Crippen molar-refractivity contribution in [2.24, 2.45) is 0 Å². The summed E-state index contributed by atoms with van der Waals surface area (Å²) in [6.07, 6.45) is 1.98. The van der Waals surface area contributed by atoms with Gasteiger partial charge in [0.2, 0.25) is 0 Å². The molecule has 1 unspecified atom stereocenters. The summed E-state index contributed by atoms with van der Waals surface area (Å²) in [5, 5.41) is 3.36. The van der Waals surface area contributed by atoms with Gasteiger partial charge < -0.3 is 5.32 Å². The number of hydrogen-bond donors (Lipinski definition) is 1. The zero-order chi connectivity index (χ0) is 14.9. The zero-order valence-corrected chi connectivity index (χ0v) is 12.1. The van der Waals surface area contributed by atoms with E-state index in [0.717, 1.165) is 19.4 Å². The first-order chi connectivity index (χ1) is 10.2. The Kier molecular flexibility index (Phi) is 3.77. The van der Waals surface area contributed by atoms with Gasteiger partial charge in [-0.1, -0.05) is 49.4 Å². The summed E-state index contributed by atoms with van der Waals surface area (Å²) in [7, 11) is 0. The van der Waals surface area contributed by atoms with E-state index in [1.165, 1.54) is 11.6 Å². The van der Waals surface area contributed by atoms with E-state index in [2.05, 4.69) is 17.4 Å². The van der Waals surface area contributed by atoms with Crippen LogP contribution in [0.15, 0.2) is 48.5 Å². The standard InChI is InChI=1S/C18H19F2N/c1-2-21-17(14-9-6-10-15(19)16(14)20)18(11-12-18)13-7-4-3-5-8-13/h3-10,17,21H,2,11-12H2,1H3. The Labute approximate surface area is 124 Å². The first kappa shape index (κ1) is 14.2. The smallest absolute Gasteiger partial charge is 0.163 e. The molecule has 0 spiro atoms. The summed E-state index contributed by atoms with van der Waals surface area (Å²) in [6, 6.07) is 14.4. The zero-order valence-electron chi connectivity index (χ0n) is 12.1. The van der Waals surface area contributed by atoms with Crippen LogP contribution in [0.1, 0.15) is 36.9 Å². The molecule has 0 amide bonds. The summed E-state index contributed by atoms with van der Waals surface area (Å²) in [5.41, 5.74) is 1.50. The van der Waals surface area contributed by atoms with E-state index in [9.17, 15) is 8.78 Å². The monoisotopic (exact) mass is 287 g/mol. The molecule has 0 aliphatic heterocycles. The summed E-state index contributed by atoms with van der Waals surface area (Å²) in [6.45, 7) is 2.71. The van der Waals surface area contributed by atoms with Crippen LogP contribution in [0.4, 0.5) is 8.78 Å². The molecule has 3 rings (SSSR count). The van der Waals surface area contributed by atoms with Gasteiger partial charge in [0.25, 0.3) is 0 Å². The second-order valence-corrected chi connectivity index (χ2v) is 5.66. The molecule has 1 aliphatic rings. The van der Waals surface area contributed by atoms with E-state index >= 15 is 0 Å². The highest BCUT2D eigenvalue weighted by molar-refractivity contribution is 5.39. The average Bonchev–Trinajstić information content (AvgIpc) is 3.31. The van der Waals surface area contributed by atoms with Gasteiger partial charge in [0.05, 0.1) is 0 Å². The lowest BCUT2D eigenvalue weighted by Crippen LogP contribution is -2.33. The topological polar surface area (TPSA) is 12.0 Å². The highest BCUT2D eigenvalue weighted by Crippen LogP contribution is 2.56. The van der Waals surface area contributed by atoms with Gasteiger partial charge in [-0.05, 0) is 31.0 Å². The molecule has 0 aromatic heterocycles. The summed E-state index contributed by atoms with van der Waals surface area (Å²) in [5.74, 6) is -1.51. The molecule has 2 aromatic carbocycles. The van der Waals surface area contributed by atoms with Gasteiger partial charge in [0.15, 0.2) is 11.6 Å². The second-order valence-electron chi connectivity index (χ2n) is 5.66. The molecule has 0 radical (unpaired) electrons. The van der Waals surface area contributed by atoms with Gasteiger partial charge in [-0.25, -0.2) is 8.78 Å². The van der Waals surface area contributed by atoms with Crippen LogP contribution in [0.25, 0.3) is 0 Å². The van der Waals surface area contributed by atoms with E-state index < -0.39 is 11.6 Å². The van der Waals surface area contributed by atoms with Crippen molar-refractivity contribution in [2.75, 3.05) is 6.54 Å². The van der Waals surface area contributed by atoms with Crippen molar-refractivity contribution in [3.8, 4) is 0 Å². The van der Waals surface area contributed by atoms with Gasteiger partial charge in [0.1, 0.15) is 0 Å². The largest absolute Gasteiger partial charge is 0.309 e. The molecule has 2 aromatic rings. The normalized spacial score (nSPS) is 17.5. The van der Waals surface area contributed by atoms with E-state index in [1.54, 1.807) is 12.1 Å². The number of likely N-dealkylation sites (N-methyl/N-ethyl adjacent to an activating group) is 1. The molecule has 1 saturated carbocycles. The summed E-state index contributed by atoms with van der Waals surface area (Å²) < 4.78 is 27.8. The van der Waals surface area contributed by atoms with Crippen molar-refractivity contribution in [2.45, 2.75) is 31.2 Å². The van der Waals surface area contributed by atoms with Crippen molar-refractivity contribution >= 4 is 0 Å². The molecule has 1 atom stereocenters. The minimum absolute atomic E-state index is 0.119. The molecule has 1 fully saturated rings. The highest BCUT2D eigenvalue weighted by Gasteiger charge is 2.51. The Morgan fingerprint density at radius 3 is 2.38 bits per heavy atom. The SMILES string of the molecule is CCNC(c1cccc(F)c1F)C1(c2ccccc2)CC1. The fraction of sp³-hybridized carbons (Fsp3) is 0.333. The lowest BCUT2D eigenvalue weighted by Gasteiger charge is -2.29. The number of nitrogens with one attached hydrogen (secondary N) is 1. The predicted molar refractivity (Wildman–Crippen MR) is 80.1 cm³/mol. The first-order valence-electron chi connectivity index (χ1n) is 7.42. The molecular weight excluding hydrogens is 268 g/mol. The van der Waals surface area contributed by atoms with Crippen LogP contribution in [0.3, 0.4) is 0 Å². The number of rotatable bonds is 5. The maximum absolute atomic E-state index is 14.2. The molecule has 110 valence electrons. The van der Waals surface area contributed by atoms with Crippen molar-refractivity contribution in [3.05, 3.63) is 71.3 Å². The number of benzene rings is 2. The van der Waals surface area contributed by atoms with Crippen LogP contribution in [0.5, 0.6) is 0 Å². The molecule has 0 heterocycles. The highest BCUT2D eigenvalue weighted by atomic mass is 19.2. The maximum Gasteiger partial charge on any atom is 0.163 e. The average molecular weight is 287 g/mol. The Hall–Kier alpha value is -1.74. The van der Waals surface area contributed by atoms with Crippen molar-refractivity contribution < 1.29 is 8.78 Å². The van der Waals surface area contributed by atoms with E-state index in [0.29, 0.717) is 5.56 Å². The van der Waals surface area contributed by atoms with E-state index in [4.69, 9.17) is 0 Å². The van der Waals surface area contributed by atoms with Crippen LogP contribution in [-0.4, -0.2) is 6.54 Å². The third-order valence-corrected chi connectivity index (χ3v) is 4.39. The van der Waals surface area contributed by atoms with Gasteiger partial charge in [-0.2, -0.15) is 0 Å². The molecule has 1 nitrogen and oxygen atoms in total. The van der Waals surface area contributed by atoms with Crippen LogP contribution < -0.4 is 5.32 Å². The minimum atomic E-state index is -0.778. The summed E-state index contributed by atoms with van der Waals surface area (Å²) in [4.78, 5) is 0. The molecule has 21 heavy (non-hydrogen) atoms. The van der Waals surface area contributed by atoms with Crippen molar-refractivity contribution in [1.82, 2.24) is 5.32 Å². The molecular formula is C18H19F2N. The Bertz CT molecular complexity index is 620. The Balaban J connectivity index is 2.05. The third kappa shape index (κ3) is 2.46. The molecule has 0 saturated heterocycles. The Morgan fingerprint density at radius 2 is 1.76 bits per heavy atom. The van der Waals surface area contributed by atoms with Gasteiger partial charge in [-0.15, -0.1) is 0 Å². The third-order valence-electron chi connectivity index (χ3n) is 4.39. The molecule has 0 bridgehead atoms. The van der Waals surface area contributed by atoms with Gasteiger partial charge >= 0.3 is 0 Å². The molecule has 1 aliphatic carbocycles. The second kappa shape index (κ2) is 5.57. The Morgan fingerprint density at radius 1 is 1.05 bits per heavy atom.